The fourth-order valence-corrected chi connectivity index (χ4v) is 5.68. The molecule has 5 nitrogen and oxygen atoms in total. The Labute approximate surface area is 211 Å². The molecule has 1 atom stereocenters. The molecule has 0 aliphatic carbocycles. The summed E-state index contributed by atoms with van der Waals surface area (Å²) in [7, 11) is 0. The third kappa shape index (κ3) is 4.94. The summed E-state index contributed by atoms with van der Waals surface area (Å²) in [6.07, 6.45) is 5.65. The van der Waals surface area contributed by atoms with Crippen LogP contribution in [0.5, 0.6) is 0 Å². The number of hydrogen-bond acceptors (Lipinski definition) is 7. The Bertz CT molecular complexity index is 1420. The van der Waals surface area contributed by atoms with Gasteiger partial charge in [0.1, 0.15) is 0 Å². The molecule has 1 aromatic heterocycles. The van der Waals surface area contributed by atoms with Crippen molar-refractivity contribution in [3.8, 4) is 0 Å². The predicted octanol–water partition coefficient (Wildman–Crippen LogP) is 4.63. The zero-order valence-electron chi connectivity index (χ0n) is 19.7. The van der Waals surface area contributed by atoms with Gasteiger partial charge in [0.05, 0.1) is 27.9 Å². The van der Waals surface area contributed by atoms with Gasteiger partial charge in [0.15, 0.2) is 4.80 Å². The van der Waals surface area contributed by atoms with Crippen LogP contribution in [0.3, 0.4) is 0 Å². The monoisotopic (exact) mass is 510 g/mol. The van der Waals surface area contributed by atoms with Crippen molar-refractivity contribution < 1.29 is 9.53 Å². The molecule has 176 valence electrons. The topological polar surface area (TPSA) is 60.7 Å². The number of thiazole rings is 1. The number of carbonyl (C=O) groups excluding carboxylic acids is 1. The molecule has 2 heterocycles. The third-order valence-corrected chi connectivity index (χ3v) is 7.90. The Morgan fingerprint density at radius 3 is 2.21 bits per heavy atom. The molecule has 2 aromatic carbocycles. The summed E-state index contributed by atoms with van der Waals surface area (Å²) in [5, 5.41) is 0. The van der Waals surface area contributed by atoms with Crippen LogP contribution >= 0.6 is 34.9 Å². The number of aromatic nitrogens is 1. The van der Waals surface area contributed by atoms with E-state index in [9.17, 15) is 9.59 Å². The molecule has 8 heteroatoms. The van der Waals surface area contributed by atoms with Crippen molar-refractivity contribution in [2.75, 3.05) is 12.5 Å². The average molecular weight is 511 g/mol. The van der Waals surface area contributed by atoms with Crippen molar-refractivity contribution in [2.24, 2.45) is 4.99 Å². The van der Waals surface area contributed by atoms with Gasteiger partial charge in [-0.1, -0.05) is 35.6 Å². The number of nitrogens with zero attached hydrogens (tertiary/aromatic N) is 2. The number of hydrogen-bond donors (Lipinski definition) is 0. The number of carbonyl (C=O) groups is 1. The van der Waals surface area contributed by atoms with E-state index < -0.39 is 12.0 Å². The van der Waals surface area contributed by atoms with Crippen molar-refractivity contribution in [3.63, 3.8) is 0 Å². The lowest BCUT2D eigenvalue weighted by Crippen LogP contribution is -2.40. The van der Waals surface area contributed by atoms with Gasteiger partial charge < -0.3 is 4.74 Å². The van der Waals surface area contributed by atoms with E-state index in [2.05, 4.69) is 4.99 Å². The minimum Gasteiger partial charge on any atom is -0.459 e. The SMILES string of the molecule is CSc1ccc(C=c2sc3n(c2=O)C(c2ccc(SC)cc2)C(C(=O)OC(C)C)=C(C)N=3)cc1. The van der Waals surface area contributed by atoms with Gasteiger partial charge in [-0.15, -0.1) is 23.5 Å². The molecule has 0 radical (unpaired) electrons. The maximum absolute atomic E-state index is 13.6. The molecule has 0 N–H and O–H groups in total. The van der Waals surface area contributed by atoms with Gasteiger partial charge in [-0.05, 0) is 74.8 Å². The van der Waals surface area contributed by atoms with Gasteiger partial charge in [-0.25, -0.2) is 9.79 Å². The third-order valence-electron chi connectivity index (χ3n) is 5.43. The van der Waals surface area contributed by atoms with E-state index in [1.165, 1.54) is 11.3 Å². The molecule has 0 saturated heterocycles. The molecule has 4 rings (SSSR count). The second-order valence-electron chi connectivity index (χ2n) is 8.08. The number of esters is 1. The first-order valence-corrected chi connectivity index (χ1v) is 14.1. The number of benzene rings is 2. The number of rotatable bonds is 6. The van der Waals surface area contributed by atoms with E-state index >= 15 is 0 Å². The largest absolute Gasteiger partial charge is 0.459 e. The van der Waals surface area contributed by atoms with Gasteiger partial charge in [0, 0.05) is 9.79 Å². The van der Waals surface area contributed by atoms with Crippen molar-refractivity contribution in [1.82, 2.24) is 4.57 Å². The molecule has 1 aliphatic rings. The second kappa shape index (κ2) is 10.4. The molecule has 1 aliphatic heterocycles. The lowest BCUT2D eigenvalue weighted by Gasteiger charge is -2.25. The quantitative estimate of drug-likeness (QED) is 0.357. The molecule has 34 heavy (non-hydrogen) atoms. The Balaban J connectivity index is 1.90. The van der Waals surface area contributed by atoms with Crippen LogP contribution in [0, 0.1) is 0 Å². The number of ether oxygens (including phenoxy) is 1. The highest BCUT2D eigenvalue weighted by atomic mass is 32.2. The average Bonchev–Trinajstić information content (AvgIpc) is 3.12. The molecule has 0 bridgehead atoms. The lowest BCUT2D eigenvalue weighted by molar-refractivity contribution is -0.143. The summed E-state index contributed by atoms with van der Waals surface area (Å²) in [5.41, 5.74) is 2.59. The Morgan fingerprint density at radius 1 is 1.06 bits per heavy atom. The van der Waals surface area contributed by atoms with Crippen LogP contribution in [0.2, 0.25) is 0 Å². The van der Waals surface area contributed by atoms with E-state index in [0.717, 1.165) is 20.9 Å². The molecular weight excluding hydrogens is 484 g/mol. The van der Waals surface area contributed by atoms with Crippen LogP contribution in [0.1, 0.15) is 37.9 Å². The van der Waals surface area contributed by atoms with E-state index in [-0.39, 0.29) is 11.7 Å². The highest BCUT2D eigenvalue weighted by Crippen LogP contribution is 2.32. The zero-order chi connectivity index (χ0) is 24.4. The Morgan fingerprint density at radius 2 is 1.65 bits per heavy atom. The first-order valence-electron chi connectivity index (χ1n) is 10.8. The van der Waals surface area contributed by atoms with Crippen molar-refractivity contribution >= 4 is 46.9 Å². The highest BCUT2D eigenvalue weighted by Gasteiger charge is 2.33. The Hall–Kier alpha value is -2.55. The minimum atomic E-state index is -0.598. The van der Waals surface area contributed by atoms with Gasteiger partial charge >= 0.3 is 5.97 Å². The summed E-state index contributed by atoms with van der Waals surface area (Å²) in [6.45, 7) is 5.43. The first kappa shape index (κ1) is 24.6. The predicted molar refractivity (Wildman–Crippen MR) is 141 cm³/mol. The number of thioether (sulfide) groups is 2. The standard InChI is InChI=1S/C26H26N2O3S3/c1-15(2)31-25(30)22-16(3)27-26-28(23(22)18-8-12-20(33-5)13-9-18)24(29)21(34-26)14-17-6-10-19(32-4)11-7-17/h6-15,23H,1-5H3. The molecule has 0 fully saturated rings. The van der Waals surface area contributed by atoms with Crippen LogP contribution < -0.4 is 14.9 Å². The summed E-state index contributed by atoms with van der Waals surface area (Å²) in [6, 6.07) is 15.4. The molecule has 0 amide bonds. The van der Waals surface area contributed by atoms with Gasteiger partial charge in [0.2, 0.25) is 0 Å². The van der Waals surface area contributed by atoms with Crippen LogP contribution in [-0.4, -0.2) is 29.2 Å². The fraction of sp³-hybridized carbons (Fsp3) is 0.269. The molecule has 0 spiro atoms. The van der Waals surface area contributed by atoms with Crippen LogP contribution in [0.15, 0.2) is 79.4 Å². The maximum Gasteiger partial charge on any atom is 0.338 e. The van der Waals surface area contributed by atoms with Crippen molar-refractivity contribution in [1.29, 1.82) is 0 Å². The zero-order valence-corrected chi connectivity index (χ0v) is 22.1. The number of fused-ring (bicyclic) bond motifs is 1. The molecule has 0 saturated carbocycles. The summed E-state index contributed by atoms with van der Waals surface area (Å²) in [4.78, 5) is 34.3. The fourth-order valence-electron chi connectivity index (χ4n) is 3.81. The minimum absolute atomic E-state index is 0.168. The van der Waals surface area contributed by atoms with E-state index in [0.29, 0.717) is 20.6 Å². The van der Waals surface area contributed by atoms with Crippen LogP contribution in [0.25, 0.3) is 6.08 Å². The van der Waals surface area contributed by atoms with E-state index in [4.69, 9.17) is 4.74 Å². The summed E-state index contributed by atoms with van der Waals surface area (Å²) in [5.74, 6) is -0.447. The van der Waals surface area contributed by atoms with Crippen molar-refractivity contribution in [3.05, 3.63) is 90.6 Å². The summed E-state index contributed by atoms with van der Waals surface area (Å²) < 4.78 is 7.76. The molecule has 1 unspecified atom stereocenters. The smallest absolute Gasteiger partial charge is 0.338 e. The summed E-state index contributed by atoms with van der Waals surface area (Å²) >= 11 is 4.65. The maximum atomic E-state index is 13.6. The van der Waals surface area contributed by atoms with E-state index in [1.54, 1.807) is 35.0 Å². The molecular formula is C26H26N2O3S3. The second-order valence-corrected chi connectivity index (χ2v) is 10.9. The molecule has 3 aromatic rings. The van der Waals surface area contributed by atoms with Gasteiger partial charge in [0.25, 0.3) is 5.56 Å². The van der Waals surface area contributed by atoms with Crippen molar-refractivity contribution in [2.45, 2.75) is 42.7 Å². The van der Waals surface area contributed by atoms with Gasteiger partial charge in [-0.2, -0.15) is 0 Å². The first-order chi connectivity index (χ1) is 16.3. The van der Waals surface area contributed by atoms with Crippen LogP contribution in [0.4, 0.5) is 0 Å². The number of allylic oxidation sites excluding steroid dienone is 1. The van der Waals surface area contributed by atoms with E-state index in [1.807, 2.05) is 81.0 Å². The normalized spacial score (nSPS) is 15.9. The van der Waals surface area contributed by atoms with Gasteiger partial charge in [-0.3, -0.25) is 9.36 Å². The Kier molecular flexibility index (Phi) is 7.50. The lowest BCUT2D eigenvalue weighted by atomic mass is 9.96. The highest BCUT2D eigenvalue weighted by molar-refractivity contribution is 7.98. The van der Waals surface area contributed by atoms with Crippen LogP contribution in [-0.2, 0) is 9.53 Å².